The molecule has 0 bridgehead atoms. The van der Waals surface area contributed by atoms with Gasteiger partial charge in [0.25, 0.3) is 11.5 Å². The highest BCUT2D eigenvalue weighted by Crippen LogP contribution is 2.15. The number of anilines is 1. The lowest BCUT2D eigenvalue weighted by molar-refractivity contribution is 0.102. The molecule has 0 fully saturated rings. The van der Waals surface area contributed by atoms with E-state index in [2.05, 4.69) is 10.3 Å². The zero-order valence-electron chi connectivity index (χ0n) is 12.3. The number of carbonyl (C=O) groups is 1. The number of benzene rings is 2. The zero-order chi connectivity index (χ0) is 16.4. The minimum absolute atomic E-state index is 0.178. The largest absolute Gasteiger partial charge is 0.321 e. The molecule has 1 heterocycles. The van der Waals surface area contributed by atoms with E-state index in [1.165, 1.54) is 0 Å². The van der Waals surface area contributed by atoms with Crippen LogP contribution >= 0.6 is 0 Å². The second kappa shape index (κ2) is 6.18. The molecule has 0 aliphatic rings. The molecule has 1 aromatic heterocycles. The van der Waals surface area contributed by atoms with E-state index in [-0.39, 0.29) is 11.3 Å². The molecule has 1 amide bonds. The quantitative estimate of drug-likeness (QED) is 0.776. The highest BCUT2D eigenvalue weighted by Gasteiger charge is 2.10. The third-order valence-electron chi connectivity index (χ3n) is 3.42. The van der Waals surface area contributed by atoms with Crippen molar-refractivity contribution in [1.82, 2.24) is 4.98 Å². The normalized spacial score (nSPS) is 12.0. The van der Waals surface area contributed by atoms with Gasteiger partial charge in [-0.25, -0.2) is 0 Å². The van der Waals surface area contributed by atoms with E-state index in [0.29, 0.717) is 21.4 Å². The Labute approximate surface area is 134 Å². The Morgan fingerprint density at radius 3 is 2.65 bits per heavy atom. The Morgan fingerprint density at radius 2 is 1.87 bits per heavy atom. The standard InChI is InChI=1S/C17H14N2O3S/c1-23(22)13-7-4-6-12(10-13)18-17(21)15-9-11-5-2-3-8-14(11)16(20)19-15/h2-10H,1H3,(H,18,21)(H,19,20). The first-order valence-corrected chi connectivity index (χ1v) is 8.47. The fourth-order valence-corrected chi connectivity index (χ4v) is 2.85. The Balaban J connectivity index is 1.93. The Morgan fingerprint density at radius 1 is 1.09 bits per heavy atom. The highest BCUT2D eigenvalue weighted by atomic mass is 32.2. The summed E-state index contributed by atoms with van der Waals surface area (Å²) in [6, 6.07) is 15.5. The van der Waals surface area contributed by atoms with Crippen LogP contribution in [0.4, 0.5) is 5.69 Å². The van der Waals surface area contributed by atoms with Gasteiger partial charge in [0, 0.05) is 33.0 Å². The monoisotopic (exact) mass is 326 g/mol. The van der Waals surface area contributed by atoms with Crippen LogP contribution in [0.5, 0.6) is 0 Å². The molecule has 0 aliphatic heterocycles. The van der Waals surface area contributed by atoms with E-state index >= 15 is 0 Å². The molecule has 3 aromatic rings. The molecule has 0 radical (unpaired) electrons. The maximum atomic E-state index is 12.3. The van der Waals surface area contributed by atoms with Crippen LogP contribution in [0, 0.1) is 0 Å². The number of pyridine rings is 1. The fourth-order valence-electron chi connectivity index (χ4n) is 2.28. The van der Waals surface area contributed by atoms with Gasteiger partial charge >= 0.3 is 0 Å². The number of rotatable bonds is 3. The van der Waals surface area contributed by atoms with Crippen LogP contribution in [-0.2, 0) is 10.8 Å². The van der Waals surface area contributed by atoms with Gasteiger partial charge in [0.1, 0.15) is 5.69 Å². The Kier molecular flexibility index (Phi) is 4.08. The second-order valence-electron chi connectivity index (χ2n) is 5.04. The third kappa shape index (κ3) is 3.22. The predicted octanol–water partition coefficient (Wildman–Crippen LogP) is 2.52. The summed E-state index contributed by atoms with van der Waals surface area (Å²) in [6.07, 6.45) is 1.57. The molecule has 0 spiro atoms. The van der Waals surface area contributed by atoms with Crippen molar-refractivity contribution in [3.63, 3.8) is 0 Å². The van der Waals surface area contributed by atoms with Gasteiger partial charge in [-0.3, -0.25) is 13.8 Å². The van der Waals surface area contributed by atoms with Crippen molar-refractivity contribution in [3.8, 4) is 0 Å². The molecular formula is C17H14N2O3S. The number of nitrogens with one attached hydrogen (secondary N) is 2. The summed E-state index contributed by atoms with van der Waals surface area (Å²) in [7, 11) is -1.13. The molecular weight excluding hydrogens is 312 g/mol. The van der Waals surface area contributed by atoms with E-state index in [1.807, 2.05) is 6.07 Å². The first-order chi connectivity index (χ1) is 11.0. The van der Waals surface area contributed by atoms with Crippen LogP contribution in [0.1, 0.15) is 10.5 Å². The summed E-state index contributed by atoms with van der Waals surface area (Å²) in [5.41, 5.74) is 0.394. The molecule has 5 nitrogen and oxygen atoms in total. The lowest BCUT2D eigenvalue weighted by atomic mass is 10.1. The van der Waals surface area contributed by atoms with Gasteiger partial charge < -0.3 is 10.3 Å². The maximum absolute atomic E-state index is 12.3. The van der Waals surface area contributed by atoms with Gasteiger partial charge in [0.2, 0.25) is 0 Å². The minimum atomic E-state index is -1.13. The van der Waals surface area contributed by atoms with Crippen LogP contribution in [0.15, 0.2) is 64.3 Å². The summed E-state index contributed by atoms with van der Waals surface area (Å²) in [6.45, 7) is 0. The summed E-state index contributed by atoms with van der Waals surface area (Å²) in [5.74, 6) is -0.424. The molecule has 0 aliphatic carbocycles. The number of hydrogen-bond donors (Lipinski definition) is 2. The average molecular weight is 326 g/mol. The predicted molar refractivity (Wildman–Crippen MR) is 91.3 cm³/mol. The van der Waals surface area contributed by atoms with Crippen molar-refractivity contribution in [2.45, 2.75) is 4.90 Å². The van der Waals surface area contributed by atoms with Gasteiger partial charge in [0.05, 0.1) is 0 Å². The maximum Gasteiger partial charge on any atom is 0.272 e. The number of carbonyl (C=O) groups excluding carboxylic acids is 1. The van der Waals surface area contributed by atoms with E-state index in [9.17, 15) is 13.8 Å². The molecule has 23 heavy (non-hydrogen) atoms. The van der Waals surface area contributed by atoms with Gasteiger partial charge in [-0.2, -0.15) is 0 Å². The number of fused-ring (bicyclic) bond motifs is 1. The Hall–Kier alpha value is -2.73. The van der Waals surface area contributed by atoms with Crippen LogP contribution in [0.3, 0.4) is 0 Å². The van der Waals surface area contributed by atoms with Crippen molar-refractivity contribution in [3.05, 3.63) is 70.6 Å². The SMILES string of the molecule is CS(=O)c1cccc(NC(=O)c2cc3ccccc3c(=O)[nH]2)c1. The first-order valence-electron chi connectivity index (χ1n) is 6.91. The minimum Gasteiger partial charge on any atom is -0.321 e. The zero-order valence-corrected chi connectivity index (χ0v) is 13.1. The van der Waals surface area contributed by atoms with Crippen molar-refractivity contribution >= 4 is 33.2 Å². The van der Waals surface area contributed by atoms with E-state index < -0.39 is 16.7 Å². The fraction of sp³-hybridized carbons (Fsp3) is 0.0588. The van der Waals surface area contributed by atoms with Gasteiger partial charge in [-0.15, -0.1) is 0 Å². The molecule has 0 saturated carbocycles. The first kappa shape index (κ1) is 15.2. The average Bonchev–Trinajstić information content (AvgIpc) is 2.55. The molecule has 1 unspecified atom stereocenters. The van der Waals surface area contributed by atoms with Crippen LogP contribution < -0.4 is 10.9 Å². The number of amides is 1. The lowest BCUT2D eigenvalue weighted by Gasteiger charge is -2.07. The van der Waals surface area contributed by atoms with Crippen LogP contribution in [-0.4, -0.2) is 21.4 Å². The van der Waals surface area contributed by atoms with E-state index in [4.69, 9.17) is 0 Å². The van der Waals surface area contributed by atoms with E-state index in [0.717, 1.165) is 0 Å². The molecule has 0 saturated heterocycles. The molecule has 2 aromatic carbocycles. The topological polar surface area (TPSA) is 79.0 Å². The second-order valence-corrected chi connectivity index (χ2v) is 6.42. The molecule has 6 heteroatoms. The van der Waals surface area contributed by atoms with Gasteiger partial charge in [-0.05, 0) is 35.7 Å². The van der Waals surface area contributed by atoms with Crippen molar-refractivity contribution < 1.29 is 9.00 Å². The van der Waals surface area contributed by atoms with Crippen molar-refractivity contribution in [2.75, 3.05) is 11.6 Å². The summed E-state index contributed by atoms with van der Waals surface area (Å²) in [5, 5.41) is 3.94. The third-order valence-corrected chi connectivity index (χ3v) is 4.34. The summed E-state index contributed by atoms with van der Waals surface area (Å²) < 4.78 is 11.5. The number of aromatic amines is 1. The molecule has 2 N–H and O–H groups in total. The lowest BCUT2D eigenvalue weighted by Crippen LogP contribution is -2.19. The number of aromatic nitrogens is 1. The number of hydrogen-bond acceptors (Lipinski definition) is 3. The molecule has 1 atom stereocenters. The number of H-pyrrole nitrogens is 1. The summed E-state index contributed by atoms with van der Waals surface area (Å²) >= 11 is 0. The molecule has 3 rings (SSSR count). The van der Waals surface area contributed by atoms with E-state index in [1.54, 1.807) is 54.8 Å². The smallest absolute Gasteiger partial charge is 0.272 e. The van der Waals surface area contributed by atoms with Crippen molar-refractivity contribution in [1.29, 1.82) is 0 Å². The van der Waals surface area contributed by atoms with Gasteiger partial charge in [0.15, 0.2) is 0 Å². The molecule has 116 valence electrons. The Bertz CT molecular complexity index is 979. The van der Waals surface area contributed by atoms with Gasteiger partial charge in [-0.1, -0.05) is 24.3 Å². The van der Waals surface area contributed by atoms with Crippen LogP contribution in [0.2, 0.25) is 0 Å². The highest BCUT2D eigenvalue weighted by molar-refractivity contribution is 7.84. The van der Waals surface area contributed by atoms with Crippen LogP contribution in [0.25, 0.3) is 10.8 Å². The van der Waals surface area contributed by atoms with Crippen molar-refractivity contribution in [2.24, 2.45) is 0 Å². The summed E-state index contributed by atoms with van der Waals surface area (Å²) in [4.78, 5) is 27.6.